The molecule has 0 aromatic rings. The van der Waals surface area contributed by atoms with Gasteiger partial charge in [0.2, 0.25) is 0 Å². The van der Waals surface area contributed by atoms with Crippen molar-refractivity contribution in [3.8, 4) is 0 Å². The van der Waals surface area contributed by atoms with Crippen molar-refractivity contribution in [1.29, 1.82) is 0 Å². The van der Waals surface area contributed by atoms with Crippen LogP contribution in [0.4, 0.5) is 0 Å². The van der Waals surface area contributed by atoms with Crippen LogP contribution in [0, 0.1) is 11.8 Å². The Balaban J connectivity index is 2.68. The largest absolute Gasteiger partial charge is 0.465 e. The molecule has 2 atom stereocenters. The second kappa shape index (κ2) is 44.0. The molecule has 0 radical (unpaired) electrons. The Labute approximate surface area is 381 Å². The fourth-order valence-electron chi connectivity index (χ4n) is 9.17. The Hall–Kier alpha value is -1.18. The van der Waals surface area contributed by atoms with Crippen molar-refractivity contribution in [2.75, 3.05) is 72.6 Å². The molecule has 1 heterocycles. The van der Waals surface area contributed by atoms with E-state index in [1.807, 2.05) is 0 Å². The summed E-state index contributed by atoms with van der Waals surface area (Å²) in [4.78, 5) is 33.8. The van der Waals surface area contributed by atoms with Crippen LogP contribution in [0.15, 0.2) is 0 Å². The highest BCUT2D eigenvalue weighted by Gasteiger charge is 2.18. The van der Waals surface area contributed by atoms with Crippen LogP contribution in [0.2, 0.25) is 0 Å². The second-order valence-electron chi connectivity index (χ2n) is 19.6. The third-order valence-electron chi connectivity index (χ3n) is 13.6. The SMILES string of the molecule is CCCCCCCCCCC(CCCCCCCC)COC(=O)CCN(CCCN1CCN(C)CC1)CCC(=O)OCC(CCCCCCCC)CCCCCCCCCC. The molecule has 0 spiro atoms. The first kappa shape index (κ1) is 57.8. The van der Waals surface area contributed by atoms with E-state index in [0.29, 0.717) is 51.0 Å². The van der Waals surface area contributed by atoms with E-state index in [0.717, 1.165) is 45.7 Å². The number of rotatable bonds is 46. The van der Waals surface area contributed by atoms with Gasteiger partial charge in [0.25, 0.3) is 0 Å². The highest BCUT2D eigenvalue weighted by atomic mass is 16.5. The fraction of sp³-hybridized carbons (Fsp3) is 0.963. The first-order chi connectivity index (χ1) is 29.9. The van der Waals surface area contributed by atoms with E-state index in [4.69, 9.17) is 9.47 Å². The van der Waals surface area contributed by atoms with Gasteiger partial charge in [-0.05, 0) is 64.1 Å². The van der Waals surface area contributed by atoms with E-state index >= 15 is 0 Å². The summed E-state index contributed by atoms with van der Waals surface area (Å²) in [6.07, 6.45) is 43.6. The van der Waals surface area contributed by atoms with Crippen LogP contribution in [0.3, 0.4) is 0 Å². The minimum Gasteiger partial charge on any atom is -0.465 e. The zero-order valence-corrected chi connectivity index (χ0v) is 41.9. The third-order valence-corrected chi connectivity index (χ3v) is 13.6. The van der Waals surface area contributed by atoms with Gasteiger partial charge in [-0.25, -0.2) is 0 Å². The molecule has 61 heavy (non-hydrogen) atoms. The predicted octanol–water partition coefficient (Wildman–Crippen LogP) is 14.6. The van der Waals surface area contributed by atoms with Gasteiger partial charge in [0.1, 0.15) is 0 Å². The monoisotopic (exact) mass is 862 g/mol. The summed E-state index contributed by atoms with van der Waals surface area (Å²) in [5, 5.41) is 0. The van der Waals surface area contributed by atoms with Crippen molar-refractivity contribution in [3.05, 3.63) is 0 Å². The molecule has 0 saturated carbocycles. The summed E-state index contributed by atoms with van der Waals surface area (Å²) in [7, 11) is 2.21. The van der Waals surface area contributed by atoms with Crippen molar-refractivity contribution in [2.24, 2.45) is 11.8 Å². The number of carbonyl (C=O) groups is 2. The van der Waals surface area contributed by atoms with Gasteiger partial charge >= 0.3 is 11.9 Å². The molecule has 1 aliphatic rings. The summed E-state index contributed by atoms with van der Waals surface area (Å²) in [5.74, 6) is 0.804. The van der Waals surface area contributed by atoms with Gasteiger partial charge in [0.05, 0.1) is 26.1 Å². The maximum absolute atomic E-state index is 13.3. The number of hydrogen-bond donors (Lipinski definition) is 0. The predicted molar refractivity (Wildman–Crippen MR) is 264 cm³/mol. The number of likely N-dealkylation sites (N-methyl/N-ethyl adjacent to an activating group) is 1. The Kier molecular flexibility index (Phi) is 41.8. The molecule has 0 amide bonds. The smallest absolute Gasteiger partial charge is 0.307 e. The molecule has 1 aliphatic heterocycles. The molecule has 1 saturated heterocycles. The van der Waals surface area contributed by atoms with E-state index in [9.17, 15) is 9.59 Å². The first-order valence-corrected chi connectivity index (χ1v) is 27.4. The Morgan fingerprint density at radius 2 is 0.738 bits per heavy atom. The van der Waals surface area contributed by atoms with Crippen molar-refractivity contribution in [1.82, 2.24) is 14.7 Å². The molecule has 1 rings (SSSR count). The van der Waals surface area contributed by atoms with Gasteiger partial charge in [-0.15, -0.1) is 0 Å². The van der Waals surface area contributed by atoms with Crippen LogP contribution in [0.1, 0.15) is 252 Å². The molecule has 0 aromatic heterocycles. The van der Waals surface area contributed by atoms with Crippen molar-refractivity contribution >= 4 is 11.9 Å². The molecule has 7 nitrogen and oxygen atoms in total. The number of ether oxygens (including phenoxy) is 2. The minimum absolute atomic E-state index is 0.0750. The third kappa shape index (κ3) is 37.9. The molecule has 0 N–H and O–H groups in total. The summed E-state index contributed by atoms with van der Waals surface area (Å²) < 4.78 is 12.1. The molecule has 0 aliphatic carbocycles. The lowest BCUT2D eigenvalue weighted by Gasteiger charge is -2.33. The molecule has 0 bridgehead atoms. The lowest BCUT2D eigenvalue weighted by atomic mass is 9.94. The van der Waals surface area contributed by atoms with Crippen LogP contribution < -0.4 is 0 Å². The van der Waals surface area contributed by atoms with Gasteiger partial charge in [0, 0.05) is 39.3 Å². The topological polar surface area (TPSA) is 62.3 Å². The molecular formula is C54H107N3O4. The van der Waals surface area contributed by atoms with Crippen LogP contribution in [0.25, 0.3) is 0 Å². The number of piperazine rings is 1. The summed E-state index contributed by atoms with van der Waals surface area (Å²) in [6, 6.07) is 0. The Morgan fingerprint density at radius 1 is 0.426 bits per heavy atom. The lowest BCUT2D eigenvalue weighted by molar-refractivity contribution is -0.145. The average molecular weight is 862 g/mol. The van der Waals surface area contributed by atoms with E-state index in [1.54, 1.807) is 0 Å². The second-order valence-corrected chi connectivity index (χ2v) is 19.6. The Bertz CT molecular complexity index is 881. The standard InChI is InChI=1S/C54H107N3O4/c1-6-10-14-18-22-24-28-32-37-51(35-30-26-20-16-12-8-3)49-60-53(58)39-43-56(41-34-42-57-47-45-55(5)46-48-57)44-40-54(59)61-50-52(36-31-27-21-17-13-9-4)38-33-29-25-23-19-15-11-7-2/h51-52H,6-50H2,1-5H3. The first-order valence-electron chi connectivity index (χ1n) is 27.4. The lowest BCUT2D eigenvalue weighted by Crippen LogP contribution is -2.45. The normalized spacial score (nSPS) is 14.8. The van der Waals surface area contributed by atoms with E-state index in [-0.39, 0.29) is 11.9 Å². The highest BCUT2D eigenvalue weighted by molar-refractivity contribution is 5.70. The van der Waals surface area contributed by atoms with E-state index in [2.05, 4.69) is 49.4 Å². The van der Waals surface area contributed by atoms with Gasteiger partial charge in [-0.1, -0.05) is 207 Å². The molecule has 362 valence electrons. The number of hydrogen-bond acceptors (Lipinski definition) is 7. The van der Waals surface area contributed by atoms with Gasteiger partial charge < -0.3 is 24.2 Å². The van der Waals surface area contributed by atoms with Crippen LogP contribution >= 0.6 is 0 Å². The number of esters is 2. The Morgan fingerprint density at radius 3 is 1.07 bits per heavy atom. The van der Waals surface area contributed by atoms with Crippen molar-refractivity contribution in [2.45, 2.75) is 252 Å². The molecule has 7 heteroatoms. The molecule has 1 fully saturated rings. The maximum Gasteiger partial charge on any atom is 0.307 e. The zero-order chi connectivity index (χ0) is 44.3. The number of nitrogens with zero attached hydrogens (tertiary/aromatic N) is 3. The number of unbranched alkanes of at least 4 members (excludes halogenated alkanes) is 24. The summed E-state index contributed by atoms with van der Waals surface area (Å²) in [5.41, 5.74) is 0. The maximum atomic E-state index is 13.3. The molecular weight excluding hydrogens is 755 g/mol. The van der Waals surface area contributed by atoms with E-state index in [1.165, 1.54) is 205 Å². The highest BCUT2D eigenvalue weighted by Crippen LogP contribution is 2.22. The van der Waals surface area contributed by atoms with E-state index < -0.39 is 0 Å². The fourth-order valence-corrected chi connectivity index (χ4v) is 9.17. The van der Waals surface area contributed by atoms with Crippen LogP contribution in [0.5, 0.6) is 0 Å². The van der Waals surface area contributed by atoms with Gasteiger partial charge in [-0.3, -0.25) is 9.59 Å². The average Bonchev–Trinajstić information content (AvgIpc) is 3.26. The molecule has 2 unspecified atom stereocenters. The van der Waals surface area contributed by atoms with Crippen molar-refractivity contribution in [3.63, 3.8) is 0 Å². The van der Waals surface area contributed by atoms with Crippen LogP contribution in [-0.2, 0) is 19.1 Å². The van der Waals surface area contributed by atoms with Crippen molar-refractivity contribution < 1.29 is 19.1 Å². The van der Waals surface area contributed by atoms with Gasteiger partial charge in [0.15, 0.2) is 0 Å². The molecule has 0 aromatic carbocycles. The quantitative estimate of drug-likeness (QED) is 0.0446. The van der Waals surface area contributed by atoms with Gasteiger partial charge in [-0.2, -0.15) is 0 Å². The summed E-state index contributed by atoms with van der Waals surface area (Å²) in [6.45, 7) is 18.0. The number of carbonyl (C=O) groups excluding carboxylic acids is 2. The van der Waals surface area contributed by atoms with Crippen LogP contribution in [-0.4, -0.2) is 99.3 Å². The summed E-state index contributed by atoms with van der Waals surface area (Å²) >= 11 is 0. The minimum atomic E-state index is -0.0750. The zero-order valence-electron chi connectivity index (χ0n) is 41.9.